The molecule has 2 unspecified atom stereocenters. The van der Waals surface area contributed by atoms with Crippen molar-refractivity contribution < 1.29 is 5.11 Å². The highest BCUT2D eigenvalue weighted by atomic mass is 79.9. The SMILES string of the molecule is CC1(O)C=CC=CC1Br. The van der Waals surface area contributed by atoms with Crippen molar-refractivity contribution in [1.29, 1.82) is 0 Å². The monoisotopic (exact) mass is 188 g/mol. The van der Waals surface area contributed by atoms with Crippen LogP contribution in [0.15, 0.2) is 24.3 Å². The molecule has 1 N–H and O–H groups in total. The van der Waals surface area contributed by atoms with Crippen LogP contribution in [-0.4, -0.2) is 15.5 Å². The highest BCUT2D eigenvalue weighted by Crippen LogP contribution is 2.23. The molecule has 0 aromatic carbocycles. The number of aliphatic hydroxyl groups is 1. The smallest absolute Gasteiger partial charge is 0.0962 e. The topological polar surface area (TPSA) is 20.2 Å². The molecular weight excluding hydrogens is 180 g/mol. The molecule has 0 amide bonds. The number of allylic oxidation sites excluding steroid dienone is 2. The van der Waals surface area contributed by atoms with Gasteiger partial charge in [0.15, 0.2) is 0 Å². The minimum absolute atomic E-state index is 0.0509. The fraction of sp³-hybridized carbons (Fsp3) is 0.429. The average Bonchev–Trinajstić information content (AvgIpc) is 1.77. The maximum Gasteiger partial charge on any atom is 0.0962 e. The lowest BCUT2D eigenvalue weighted by Gasteiger charge is -2.24. The first-order valence-corrected chi connectivity index (χ1v) is 3.77. The van der Waals surface area contributed by atoms with Crippen molar-refractivity contribution in [2.24, 2.45) is 0 Å². The van der Waals surface area contributed by atoms with Gasteiger partial charge in [-0.3, -0.25) is 0 Å². The molecule has 0 aromatic rings. The summed E-state index contributed by atoms with van der Waals surface area (Å²) in [5.41, 5.74) is -0.714. The first-order chi connectivity index (χ1) is 4.13. The van der Waals surface area contributed by atoms with Gasteiger partial charge in [-0.25, -0.2) is 0 Å². The van der Waals surface area contributed by atoms with Crippen LogP contribution < -0.4 is 0 Å². The molecule has 2 atom stereocenters. The third kappa shape index (κ3) is 1.43. The van der Waals surface area contributed by atoms with E-state index in [-0.39, 0.29) is 4.83 Å². The van der Waals surface area contributed by atoms with Gasteiger partial charge in [0.25, 0.3) is 0 Å². The maximum absolute atomic E-state index is 9.46. The summed E-state index contributed by atoms with van der Waals surface area (Å²) in [6, 6.07) is 0. The molecule has 0 saturated carbocycles. The molecular formula is C7H9BrO. The average molecular weight is 189 g/mol. The van der Waals surface area contributed by atoms with Crippen molar-refractivity contribution in [3.63, 3.8) is 0 Å². The van der Waals surface area contributed by atoms with Crippen LogP contribution in [0, 0.1) is 0 Å². The standard InChI is InChI=1S/C7H9BrO/c1-7(9)5-3-2-4-6(7)8/h2-6,9H,1H3. The van der Waals surface area contributed by atoms with E-state index in [4.69, 9.17) is 0 Å². The van der Waals surface area contributed by atoms with Gasteiger partial charge in [-0.2, -0.15) is 0 Å². The zero-order valence-electron chi connectivity index (χ0n) is 5.21. The highest BCUT2D eigenvalue weighted by molar-refractivity contribution is 9.09. The first kappa shape index (κ1) is 7.03. The lowest BCUT2D eigenvalue weighted by molar-refractivity contribution is 0.121. The Labute approximate surface area is 63.2 Å². The molecule has 1 aliphatic carbocycles. The number of halogens is 1. The number of hydrogen-bond acceptors (Lipinski definition) is 1. The largest absolute Gasteiger partial charge is 0.385 e. The van der Waals surface area contributed by atoms with Gasteiger partial charge in [0.1, 0.15) is 0 Å². The Morgan fingerprint density at radius 1 is 1.56 bits per heavy atom. The van der Waals surface area contributed by atoms with Crippen molar-refractivity contribution in [3.8, 4) is 0 Å². The van der Waals surface area contributed by atoms with Gasteiger partial charge >= 0.3 is 0 Å². The van der Waals surface area contributed by atoms with E-state index in [1.165, 1.54) is 0 Å². The predicted octanol–water partition coefficient (Wildman–Crippen LogP) is 1.63. The summed E-state index contributed by atoms with van der Waals surface area (Å²) < 4.78 is 0. The van der Waals surface area contributed by atoms with Crippen LogP contribution in [0.25, 0.3) is 0 Å². The Bertz CT molecular complexity index is 158. The minimum atomic E-state index is -0.714. The number of alkyl halides is 1. The van der Waals surface area contributed by atoms with Crippen LogP contribution in [0.2, 0.25) is 0 Å². The van der Waals surface area contributed by atoms with E-state index in [1.807, 2.05) is 18.2 Å². The van der Waals surface area contributed by atoms with Crippen LogP contribution in [0.4, 0.5) is 0 Å². The fourth-order valence-corrected chi connectivity index (χ4v) is 1.03. The van der Waals surface area contributed by atoms with E-state index in [1.54, 1.807) is 13.0 Å². The molecule has 0 bridgehead atoms. The molecule has 0 fully saturated rings. The van der Waals surface area contributed by atoms with Crippen molar-refractivity contribution in [2.75, 3.05) is 0 Å². The second-order valence-corrected chi connectivity index (χ2v) is 3.36. The second kappa shape index (κ2) is 2.27. The fourth-order valence-electron chi connectivity index (χ4n) is 0.699. The van der Waals surface area contributed by atoms with Crippen molar-refractivity contribution in [1.82, 2.24) is 0 Å². The Morgan fingerprint density at radius 2 is 2.22 bits per heavy atom. The van der Waals surface area contributed by atoms with E-state index in [9.17, 15) is 5.11 Å². The number of hydrogen-bond donors (Lipinski definition) is 1. The van der Waals surface area contributed by atoms with Crippen LogP contribution in [0.1, 0.15) is 6.92 Å². The van der Waals surface area contributed by atoms with Gasteiger partial charge in [0.05, 0.1) is 10.4 Å². The summed E-state index contributed by atoms with van der Waals surface area (Å²) in [5, 5.41) is 9.46. The van der Waals surface area contributed by atoms with Crippen LogP contribution in [0.5, 0.6) is 0 Å². The van der Waals surface area contributed by atoms with Gasteiger partial charge < -0.3 is 5.11 Å². The quantitative estimate of drug-likeness (QED) is 0.574. The molecule has 1 nitrogen and oxygen atoms in total. The molecule has 0 aromatic heterocycles. The van der Waals surface area contributed by atoms with E-state index >= 15 is 0 Å². The molecule has 1 aliphatic rings. The van der Waals surface area contributed by atoms with Gasteiger partial charge in [-0.15, -0.1) is 0 Å². The van der Waals surface area contributed by atoms with Crippen LogP contribution in [-0.2, 0) is 0 Å². The molecule has 0 spiro atoms. The summed E-state index contributed by atoms with van der Waals surface area (Å²) in [6.07, 6.45) is 7.45. The Morgan fingerprint density at radius 3 is 2.56 bits per heavy atom. The molecule has 9 heavy (non-hydrogen) atoms. The molecule has 0 aliphatic heterocycles. The normalized spacial score (nSPS) is 41.4. The van der Waals surface area contributed by atoms with Gasteiger partial charge in [-0.05, 0) is 6.92 Å². The summed E-state index contributed by atoms with van der Waals surface area (Å²) in [6.45, 7) is 1.77. The Kier molecular flexibility index (Phi) is 1.78. The molecule has 0 radical (unpaired) electrons. The zero-order chi connectivity index (χ0) is 6.91. The minimum Gasteiger partial charge on any atom is -0.385 e. The summed E-state index contributed by atoms with van der Waals surface area (Å²) in [5.74, 6) is 0. The van der Waals surface area contributed by atoms with Crippen molar-refractivity contribution in [2.45, 2.75) is 17.4 Å². The van der Waals surface area contributed by atoms with Gasteiger partial charge in [-0.1, -0.05) is 40.2 Å². The maximum atomic E-state index is 9.46. The third-order valence-corrected chi connectivity index (χ3v) is 2.62. The predicted molar refractivity (Wildman–Crippen MR) is 41.6 cm³/mol. The van der Waals surface area contributed by atoms with Crippen LogP contribution in [0.3, 0.4) is 0 Å². The van der Waals surface area contributed by atoms with E-state index in [2.05, 4.69) is 15.9 Å². The van der Waals surface area contributed by atoms with E-state index in [0.29, 0.717) is 0 Å². The Balaban J connectivity index is 2.78. The first-order valence-electron chi connectivity index (χ1n) is 2.85. The van der Waals surface area contributed by atoms with Crippen molar-refractivity contribution in [3.05, 3.63) is 24.3 Å². The van der Waals surface area contributed by atoms with Gasteiger partial charge in [0, 0.05) is 0 Å². The molecule has 1 rings (SSSR count). The Hall–Kier alpha value is -0.0800. The molecule has 2 heteroatoms. The van der Waals surface area contributed by atoms with E-state index < -0.39 is 5.60 Å². The lowest BCUT2D eigenvalue weighted by atomic mass is 9.98. The number of rotatable bonds is 0. The molecule has 0 heterocycles. The zero-order valence-corrected chi connectivity index (χ0v) is 6.80. The molecule has 50 valence electrons. The summed E-state index contributed by atoms with van der Waals surface area (Å²) in [4.78, 5) is 0.0509. The molecule has 0 saturated heterocycles. The van der Waals surface area contributed by atoms with Gasteiger partial charge in [0.2, 0.25) is 0 Å². The van der Waals surface area contributed by atoms with E-state index in [0.717, 1.165) is 0 Å². The lowest BCUT2D eigenvalue weighted by Crippen LogP contribution is -2.32. The summed E-state index contributed by atoms with van der Waals surface area (Å²) in [7, 11) is 0. The van der Waals surface area contributed by atoms with Crippen molar-refractivity contribution >= 4 is 15.9 Å². The third-order valence-electron chi connectivity index (χ3n) is 1.38. The second-order valence-electron chi connectivity index (χ2n) is 2.37. The van der Waals surface area contributed by atoms with Crippen LogP contribution >= 0.6 is 15.9 Å². The summed E-state index contributed by atoms with van der Waals surface area (Å²) >= 11 is 3.32. The highest BCUT2D eigenvalue weighted by Gasteiger charge is 2.25.